The predicted molar refractivity (Wildman–Crippen MR) is 138 cm³/mol. The quantitative estimate of drug-likeness (QED) is 0.428. The van der Waals surface area contributed by atoms with Crippen molar-refractivity contribution in [2.24, 2.45) is 4.99 Å². The first-order valence-electron chi connectivity index (χ1n) is 10.8. The van der Waals surface area contributed by atoms with E-state index in [9.17, 15) is 19.5 Å². The number of allylic oxidation sites excluding steroid dienone is 1. The molecule has 0 radical (unpaired) electrons. The minimum absolute atomic E-state index is 0.122. The molecule has 0 saturated carbocycles. The number of fused-ring (bicyclic) bond motifs is 1. The summed E-state index contributed by atoms with van der Waals surface area (Å²) in [6.07, 6.45) is 2.37. The van der Waals surface area contributed by atoms with Crippen molar-refractivity contribution >= 4 is 63.5 Å². The summed E-state index contributed by atoms with van der Waals surface area (Å²) in [7, 11) is 0. The highest BCUT2D eigenvalue weighted by atomic mass is 35.5. The van der Waals surface area contributed by atoms with E-state index in [1.807, 2.05) is 38.1 Å². The fourth-order valence-corrected chi connectivity index (χ4v) is 4.59. The summed E-state index contributed by atoms with van der Waals surface area (Å²) in [5.74, 6) is -1.46. The van der Waals surface area contributed by atoms with Gasteiger partial charge in [0.1, 0.15) is 6.54 Å². The molecule has 2 heterocycles. The SMILES string of the molecule is CCCOC(=O)c1cc(NC(=O)Cn2c(O)c(C=C3C(C)=Nc4ccccc43)sc2=O)ccc1Cl. The number of aliphatic imine (C=N–C) groups is 1. The summed E-state index contributed by atoms with van der Waals surface area (Å²) in [6.45, 7) is 3.57. The van der Waals surface area contributed by atoms with E-state index >= 15 is 0 Å². The minimum atomic E-state index is -0.593. The highest BCUT2D eigenvalue weighted by Crippen LogP contribution is 2.37. The monoisotopic (exact) mass is 511 g/mol. The van der Waals surface area contributed by atoms with E-state index in [1.165, 1.54) is 18.2 Å². The molecule has 0 saturated heterocycles. The second-order valence-electron chi connectivity index (χ2n) is 7.79. The number of amides is 1. The summed E-state index contributed by atoms with van der Waals surface area (Å²) in [6, 6.07) is 12.0. The third-order valence-corrected chi connectivity index (χ3v) is 6.50. The van der Waals surface area contributed by atoms with E-state index in [1.54, 1.807) is 6.08 Å². The molecule has 0 aliphatic carbocycles. The summed E-state index contributed by atoms with van der Waals surface area (Å²) >= 11 is 6.92. The maximum Gasteiger partial charge on any atom is 0.339 e. The number of nitrogens with zero attached hydrogens (tertiary/aromatic N) is 2. The summed E-state index contributed by atoms with van der Waals surface area (Å²) in [5.41, 5.74) is 3.73. The van der Waals surface area contributed by atoms with Crippen molar-refractivity contribution < 1.29 is 19.4 Å². The molecule has 4 rings (SSSR count). The van der Waals surface area contributed by atoms with Gasteiger partial charge in [0.15, 0.2) is 0 Å². The molecule has 2 aromatic carbocycles. The zero-order valence-corrected chi connectivity index (χ0v) is 20.6. The Kier molecular flexibility index (Phi) is 7.18. The third-order valence-electron chi connectivity index (χ3n) is 5.25. The van der Waals surface area contributed by atoms with Crippen molar-refractivity contribution in [2.75, 3.05) is 11.9 Å². The van der Waals surface area contributed by atoms with Crippen LogP contribution < -0.4 is 10.2 Å². The maximum atomic E-state index is 12.6. The number of anilines is 1. The Morgan fingerprint density at radius 3 is 2.80 bits per heavy atom. The van der Waals surface area contributed by atoms with Gasteiger partial charge < -0.3 is 15.2 Å². The number of esters is 1. The van der Waals surface area contributed by atoms with Crippen molar-refractivity contribution in [1.82, 2.24) is 4.57 Å². The second kappa shape index (κ2) is 10.3. The van der Waals surface area contributed by atoms with Crippen LogP contribution in [0.1, 0.15) is 41.1 Å². The van der Waals surface area contributed by atoms with Crippen molar-refractivity contribution in [3.63, 3.8) is 0 Å². The minimum Gasteiger partial charge on any atom is -0.493 e. The first-order chi connectivity index (χ1) is 16.8. The van der Waals surface area contributed by atoms with Gasteiger partial charge in [0, 0.05) is 22.5 Å². The van der Waals surface area contributed by atoms with Crippen LogP contribution in [0.5, 0.6) is 5.88 Å². The zero-order chi connectivity index (χ0) is 25.1. The lowest BCUT2D eigenvalue weighted by Crippen LogP contribution is -2.24. The number of hydrogen-bond acceptors (Lipinski definition) is 7. The molecule has 10 heteroatoms. The van der Waals surface area contributed by atoms with Crippen LogP contribution in [-0.4, -0.2) is 33.9 Å². The van der Waals surface area contributed by atoms with Crippen molar-refractivity contribution in [2.45, 2.75) is 26.8 Å². The lowest BCUT2D eigenvalue weighted by molar-refractivity contribution is -0.116. The number of halogens is 1. The van der Waals surface area contributed by atoms with Crippen LogP contribution in [0.25, 0.3) is 11.6 Å². The molecule has 0 atom stereocenters. The molecule has 2 N–H and O–H groups in total. The Morgan fingerprint density at radius 2 is 2.03 bits per heavy atom. The third kappa shape index (κ3) is 5.21. The average molecular weight is 512 g/mol. The Bertz CT molecular complexity index is 1440. The Balaban J connectivity index is 1.53. The molecule has 35 heavy (non-hydrogen) atoms. The Labute approximate surface area is 210 Å². The smallest absolute Gasteiger partial charge is 0.339 e. The molecule has 1 amide bonds. The number of aromatic nitrogens is 1. The van der Waals surface area contributed by atoms with Crippen molar-refractivity contribution in [1.29, 1.82) is 0 Å². The van der Waals surface area contributed by atoms with E-state index in [4.69, 9.17) is 16.3 Å². The summed E-state index contributed by atoms with van der Waals surface area (Å²) < 4.78 is 6.10. The Morgan fingerprint density at radius 1 is 1.26 bits per heavy atom. The average Bonchev–Trinajstić information content (AvgIpc) is 3.29. The Hall–Kier alpha value is -3.69. The van der Waals surface area contributed by atoms with Gasteiger partial charge in [0.25, 0.3) is 0 Å². The van der Waals surface area contributed by atoms with Gasteiger partial charge in [-0.05, 0) is 43.7 Å². The molecule has 3 aromatic rings. The first kappa shape index (κ1) is 24.4. The fourth-order valence-electron chi connectivity index (χ4n) is 3.57. The van der Waals surface area contributed by atoms with Crippen LogP contribution in [0.3, 0.4) is 0 Å². The largest absolute Gasteiger partial charge is 0.493 e. The van der Waals surface area contributed by atoms with Gasteiger partial charge in [-0.3, -0.25) is 19.1 Å². The number of carbonyl (C=O) groups is 2. The van der Waals surface area contributed by atoms with Gasteiger partial charge in [0.2, 0.25) is 11.8 Å². The van der Waals surface area contributed by atoms with E-state index in [2.05, 4.69) is 10.3 Å². The van der Waals surface area contributed by atoms with Crippen LogP contribution in [0.15, 0.2) is 52.3 Å². The van der Waals surface area contributed by atoms with E-state index in [-0.39, 0.29) is 23.1 Å². The van der Waals surface area contributed by atoms with Crippen LogP contribution in [0, 0.1) is 0 Å². The van der Waals surface area contributed by atoms with Crippen molar-refractivity contribution in [3.8, 4) is 5.88 Å². The van der Waals surface area contributed by atoms with E-state index < -0.39 is 23.3 Å². The molecule has 180 valence electrons. The second-order valence-corrected chi connectivity index (χ2v) is 9.19. The number of carbonyl (C=O) groups excluding carboxylic acids is 2. The topological polar surface area (TPSA) is 110 Å². The zero-order valence-electron chi connectivity index (χ0n) is 19.0. The summed E-state index contributed by atoms with van der Waals surface area (Å²) in [5, 5.41) is 13.5. The number of rotatable bonds is 7. The molecular formula is C25H22ClN3O5S. The lowest BCUT2D eigenvalue weighted by Gasteiger charge is -2.10. The van der Waals surface area contributed by atoms with Gasteiger partial charge in [-0.25, -0.2) is 4.79 Å². The van der Waals surface area contributed by atoms with Gasteiger partial charge in [-0.15, -0.1) is 0 Å². The summed E-state index contributed by atoms with van der Waals surface area (Å²) in [4.78, 5) is 41.7. The number of hydrogen-bond donors (Lipinski definition) is 2. The maximum absolute atomic E-state index is 12.6. The first-order valence-corrected chi connectivity index (χ1v) is 12.0. The number of para-hydroxylation sites is 1. The number of ether oxygens (including phenoxy) is 1. The van der Waals surface area contributed by atoms with Gasteiger partial charge in [-0.1, -0.05) is 48.1 Å². The normalized spacial score (nSPS) is 13.5. The van der Waals surface area contributed by atoms with Crippen LogP contribution in [0.2, 0.25) is 5.02 Å². The number of benzene rings is 2. The molecule has 1 aliphatic rings. The number of aromatic hydroxyl groups is 1. The molecule has 0 fully saturated rings. The van der Waals surface area contributed by atoms with Gasteiger partial charge >= 0.3 is 10.8 Å². The standard InChI is InChI=1S/C25H22ClN3O5S/c1-3-10-34-24(32)18-11-15(8-9-19(18)26)28-22(30)13-29-23(31)21(35-25(29)33)12-17-14(2)27-20-7-5-4-6-16(17)20/h4-9,11-12,31H,3,10,13H2,1-2H3,(H,28,30). The van der Waals surface area contributed by atoms with Gasteiger partial charge in [-0.2, -0.15) is 0 Å². The molecule has 1 aromatic heterocycles. The number of thiazole rings is 1. The highest BCUT2D eigenvalue weighted by molar-refractivity contribution is 7.10. The molecule has 1 aliphatic heterocycles. The van der Waals surface area contributed by atoms with E-state index in [0.717, 1.165) is 38.4 Å². The lowest BCUT2D eigenvalue weighted by atomic mass is 10.0. The predicted octanol–water partition coefficient (Wildman–Crippen LogP) is 5.12. The molecule has 0 spiro atoms. The molecule has 0 unspecified atom stereocenters. The van der Waals surface area contributed by atoms with Crippen LogP contribution >= 0.6 is 22.9 Å². The van der Waals surface area contributed by atoms with Crippen molar-refractivity contribution in [3.05, 3.63) is 73.2 Å². The van der Waals surface area contributed by atoms with Crippen LogP contribution in [0.4, 0.5) is 11.4 Å². The highest BCUT2D eigenvalue weighted by Gasteiger charge is 2.21. The van der Waals surface area contributed by atoms with E-state index in [0.29, 0.717) is 17.0 Å². The van der Waals surface area contributed by atoms with Gasteiger partial charge in [0.05, 0.1) is 27.8 Å². The van der Waals surface area contributed by atoms with Crippen LogP contribution in [-0.2, 0) is 16.1 Å². The fraction of sp³-hybridized carbons (Fsp3) is 0.200. The molecule has 0 bridgehead atoms. The number of nitrogens with one attached hydrogen (secondary N) is 1. The molecular weight excluding hydrogens is 490 g/mol. The molecule has 8 nitrogen and oxygen atoms in total.